The van der Waals surface area contributed by atoms with Crippen LogP contribution in [0.1, 0.15) is 0 Å². The second-order valence-corrected chi connectivity index (χ2v) is 22.4. The van der Waals surface area contributed by atoms with E-state index in [0.29, 0.717) is 0 Å². The summed E-state index contributed by atoms with van der Waals surface area (Å²) in [6.07, 6.45) is -80.6. The standard InChI is InChI=1S/C48H83NO39/c50-3-11(58)20(60)19(59)10(57)1-49-2-12-35-21(61)28(68)42(75-12)83-36-13(4-51)77-44(30(70)23(36)63)85-38-15(6-53)79-46(32(72)25(38)65)87-40-17(8-55)81-48(34(74)27(40)67)88-41-18(9-56)80-47(33(73)26(41)66)86-39-16(7-54)78-45(31(71)24(39)64)84-37-14(5-52)76-43(82-35)29(69)22(37)62/h10-74H,1-9H2/t10?,11?,12-,13-,14-,15-,16-,17-,18-,19?,20?,21-,22-,23-,24-,25-,26-,27-,28-,29-,30-,31-,32-,33-,34-,35-,36-,37-,38-,39-,40-,41-,42-,43-,44-,45-,46-,47-,48-/m1/s1. The van der Waals surface area contributed by atoms with Crippen LogP contribution < -0.4 is 5.32 Å². The lowest BCUT2D eigenvalue weighted by Gasteiger charge is -2.50. The van der Waals surface area contributed by atoms with Crippen molar-refractivity contribution in [3.8, 4) is 0 Å². The van der Waals surface area contributed by atoms with Gasteiger partial charge in [-0.15, -0.1) is 0 Å². The number of hydrogen-bond donors (Lipinski definition) is 26. The van der Waals surface area contributed by atoms with Crippen molar-refractivity contribution in [3.63, 3.8) is 0 Å². The van der Waals surface area contributed by atoms with Crippen molar-refractivity contribution in [3.05, 3.63) is 0 Å². The predicted octanol–water partition coefficient (Wildman–Crippen LogP) is -18.2. The Morgan fingerprint density at radius 3 is 0.614 bits per heavy atom. The zero-order valence-electron chi connectivity index (χ0n) is 46.3. The quantitative estimate of drug-likeness (QED) is 0.0768. The second kappa shape index (κ2) is 31.3. The van der Waals surface area contributed by atoms with E-state index >= 15 is 0 Å². The minimum Gasteiger partial charge on any atom is -0.394 e. The Labute approximate surface area is 497 Å². The summed E-state index contributed by atoms with van der Waals surface area (Å²) < 4.78 is 80.5. The largest absolute Gasteiger partial charge is 0.394 e. The summed E-state index contributed by atoms with van der Waals surface area (Å²) in [7, 11) is 0. The molecule has 0 aromatic heterocycles. The lowest BCUT2D eigenvalue weighted by Crippen LogP contribution is -2.68. The number of hydrogen-bond acceptors (Lipinski definition) is 40. The highest BCUT2D eigenvalue weighted by atomic mass is 16.8. The minimum atomic E-state index is -2.32. The van der Waals surface area contributed by atoms with Gasteiger partial charge in [0.1, 0.15) is 189 Å². The number of aliphatic hydroxyl groups excluding tert-OH is 25. The van der Waals surface area contributed by atoms with Crippen LogP contribution in [0.3, 0.4) is 0 Å². The fourth-order valence-electron chi connectivity index (χ4n) is 11.5. The molecule has 40 nitrogen and oxygen atoms in total. The SMILES string of the molecule is OCC(O)C(O)C(O)C(O)CNC[C@H]1O[C@@H]2O[C@H]3[C@H](O)[C@@H](O)[C@@H](O[C@H]4[C@H](O)[C@@H](O)[C@@H](O[C@H]5[C@H](O)[C@@H](O)[C@@H](O[C@H]6[C@H](O)[C@@H](O)[C@@H](O[C@H]7[C@H](O)[C@@H](O)[C@@H](O[C@H]8[C@H](O)[C@@H](O)[C@@H](O[C@H]1[C@H](O)[C@H]2O)O[C@@H]8CO)O[C@@H]7CO)O[C@@H]6CO)O[C@@H]5CO)O[C@@H]4CO)O[C@@H]3CO. The Bertz CT molecular complexity index is 2090. The molecule has 0 spiro atoms. The molecule has 26 N–H and O–H groups in total. The molecule has 14 bridgehead atoms. The smallest absolute Gasteiger partial charge is 0.187 e. The zero-order valence-corrected chi connectivity index (χ0v) is 46.3. The van der Waals surface area contributed by atoms with Gasteiger partial charge in [0.25, 0.3) is 0 Å². The molecule has 88 heavy (non-hydrogen) atoms. The number of ether oxygens (including phenoxy) is 14. The van der Waals surface area contributed by atoms with Gasteiger partial charge in [-0.3, -0.25) is 0 Å². The van der Waals surface area contributed by atoms with Crippen molar-refractivity contribution in [2.24, 2.45) is 0 Å². The summed E-state index contributed by atoms with van der Waals surface area (Å²) in [5, 5.41) is 276. The summed E-state index contributed by atoms with van der Waals surface area (Å²) in [6.45, 7) is -8.96. The van der Waals surface area contributed by atoms with E-state index in [0.717, 1.165) is 0 Å². The lowest BCUT2D eigenvalue weighted by molar-refractivity contribution is -0.396. The van der Waals surface area contributed by atoms with Gasteiger partial charge in [0, 0.05) is 13.1 Å². The second-order valence-electron chi connectivity index (χ2n) is 22.4. The molecule has 0 aromatic rings. The molecule has 40 heteroatoms. The number of rotatable bonds is 14. The van der Waals surface area contributed by atoms with Crippen LogP contribution in [-0.4, -0.2) is 426 Å². The Balaban J connectivity index is 1.09. The van der Waals surface area contributed by atoms with Crippen LogP contribution in [0.2, 0.25) is 0 Å². The van der Waals surface area contributed by atoms with Crippen molar-refractivity contribution in [2.75, 3.05) is 59.3 Å². The third-order valence-corrected chi connectivity index (χ3v) is 16.6. The maximum atomic E-state index is 11.8. The lowest BCUT2D eigenvalue weighted by atomic mass is 9.95. The van der Waals surface area contributed by atoms with Crippen molar-refractivity contribution in [1.82, 2.24) is 5.32 Å². The van der Waals surface area contributed by atoms with E-state index < -0.39 is 299 Å². The number of nitrogens with one attached hydrogen (secondary N) is 1. The molecule has 21 rings (SSSR count). The molecule has 514 valence electrons. The van der Waals surface area contributed by atoms with Gasteiger partial charge in [0.2, 0.25) is 0 Å². The number of aliphatic hydroxyl groups is 25. The molecule has 4 unspecified atom stereocenters. The molecule has 21 fully saturated rings. The molecular weight excluding hydrogens is 1210 g/mol. The molecule has 0 aromatic carbocycles. The summed E-state index contributed by atoms with van der Waals surface area (Å²) in [5.74, 6) is 0. The predicted molar refractivity (Wildman–Crippen MR) is 265 cm³/mol. The van der Waals surface area contributed by atoms with Gasteiger partial charge in [0.15, 0.2) is 44.0 Å². The third kappa shape index (κ3) is 14.9. The summed E-state index contributed by atoms with van der Waals surface area (Å²) >= 11 is 0. The topological polar surface area (TPSA) is 647 Å². The van der Waals surface area contributed by atoms with E-state index in [9.17, 15) is 128 Å². The molecule has 0 saturated carbocycles. The van der Waals surface area contributed by atoms with E-state index in [1.807, 2.05) is 0 Å². The maximum absolute atomic E-state index is 11.8. The van der Waals surface area contributed by atoms with Gasteiger partial charge >= 0.3 is 0 Å². The van der Waals surface area contributed by atoms with E-state index in [2.05, 4.69) is 5.32 Å². The third-order valence-electron chi connectivity index (χ3n) is 16.6. The van der Waals surface area contributed by atoms with Crippen LogP contribution in [0, 0.1) is 0 Å². The van der Waals surface area contributed by atoms with Gasteiger partial charge in [0.05, 0.1) is 52.4 Å². The molecule has 21 aliphatic rings. The fourth-order valence-corrected chi connectivity index (χ4v) is 11.5. The highest BCUT2D eigenvalue weighted by Gasteiger charge is 2.60. The van der Waals surface area contributed by atoms with Crippen molar-refractivity contribution < 1.29 is 194 Å². The Morgan fingerprint density at radius 1 is 0.239 bits per heavy atom. The minimum absolute atomic E-state index is 0.669. The van der Waals surface area contributed by atoms with Crippen molar-refractivity contribution >= 4 is 0 Å². The van der Waals surface area contributed by atoms with Crippen LogP contribution >= 0.6 is 0 Å². The van der Waals surface area contributed by atoms with Crippen LogP contribution in [-0.2, 0) is 66.3 Å². The van der Waals surface area contributed by atoms with E-state index in [1.54, 1.807) is 0 Å². The molecule has 21 saturated heterocycles. The average molecular weight is 1300 g/mol. The van der Waals surface area contributed by atoms with Gasteiger partial charge in [-0.05, 0) is 0 Å². The maximum Gasteiger partial charge on any atom is 0.187 e. The molecule has 21 aliphatic heterocycles. The van der Waals surface area contributed by atoms with Gasteiger partial charge < -0.3 is 199 Å². The monoisotopic (exact) mass is 1300 g/mol. The van der Waals surface area contributed by atoms with Gasteiger partial charge in [-0.25, -0.2) is 0 Å². The van der Waals surface area contributed by atoms with Crippen molar-refractivity contribution in [1.29, 1.82) is 0 Å². The van der Waals surface area contributed by atoms with Gasteiger partial charge in [-0.2, -0.15) is 0 Å². The Kier molecular flexibility index (Phi) is 25.7. The van der Waals surface area contributed by atoms with E-state index in [-0.39, 0.29) is 0 Å². The molecule has 0 aliphatic carbocycles. The summed E-state index contributed by atoms with van der Waals surface area (Å²) in [4.78, 5) is 0. The molecule has 0 radical (unpaired) electrons. The van der Waals surface area contributed by atoms with Crippen LogP contribution in [0.5, 0.6) is 0 Å². The first-order chi connectivity index (χ1) is 41.8. The first-order valence-corrected chi connectivity index (χ1v) is 28.2. The molecular formula is C48H83NO39. The highest BCUT2D eigenvalue weighted by Crippen LogP contribution is 2.39. The first kappa shape index (κ1) is 72.2. The van der Waals surface area contributed by atoms with Crippen LogP contribution in [0.25, 0.3) is 0 Å². The Hall–Kier alpha value is -1.60. The zero-order chi connectivity index (χ0) is 64.5. The van der Waals surface area contributed by atoms with Crippen molar-refractivity contribution in [2.45, 2.75) is 239 Å². The molecule has 0 amide bonds. The van der Waals surface area contributed by atoms with E-state index in [1.165, 1.54) is 0 Å². The van der Waals surface area contributed by atoms with Crippen LogP contribution in [0.4, 0.5) is 0 Å². The first-order valence-electron chi connectivity index (χ1n) is 28.2. The summed E-state index contributed by atoms with van der Waals surface area (Å²) in [5.41, 5.74) is 0. The van der Waals surface area contributed by atoms with Gasteiger partial charge in [-0.1, -0.05) is 0 Å². The van der Waals surface area contributed by atoms with E-state index in [4.69, 9.17) is 66.3 Å². The summed E-state index contributed by atoms with van der Waals surface area (Å²) in [6, 6.07) is 0. The normalized spacial score (nSPS) is 51.4. The fraction of sp³-hybridized carbons (Fsp3) is 1.00. The average Bonchev–Trinajstić information content (AvgIpc) is 1.89. The molecule has 21 heterocycles. The van der Waals surface area contributed by atoms with Crippen LogP contribution in [0.15, 0.2) is 0 Å². The highest BCUT2D eigenvalue weighted by molar-refractivity contribution is 5.02. The Morgan fingerprint density at radius 2 is 0.420 bits per heavy atom. The molecule has 39 atom stereocenters.